The summed E-state index contributed by atoms with van der Waals surface area (Å²) in [5.74, 6) is 0.309. The van der Waals surface area contributed by atoms with Gasteiger partial charge in [-0.05, 0) is 75.5 Å². The molecule has 1 N–H and O–H groups in total. The maximum absolute atomic E-state index is 12.7. The molecule has 0 unspecified atom stereocenters. The van der Waals surface area contributed by atoms with Gasteiger partial charge >= 0.3 is 11.9 Å². The Kier molecular flexibility index (Phi) is 4.62. The Balaban J connectivity index is 1.44. The molecule has 8 atom stereocenters. The SMILES string of the molecule is CCOC(=O)[C@H]1CC[C@@H]2[C@]1(C)CC[C@H]1[C@@]23CC[C@@]2(O)C[C@H](OC(C)=O)CC[C@]12CO3. The minimum absolute atomic E-state index is 0.0423. The fourth-order valence-electron chi connectivity index (χ4n) is 8.82. The van der Waals surface area contributed by atoms with E-state index < -0.39 is 5.60 Å². The molecule has 2 bridgehead atoms. The molecule has 1 aliphatic heterocycles. The standard InChI is InChI=1S/C24H36O6/c1-4-28-20(26)17-5-6-18-21(17,3)9-8-19-22-10-7-16(30-15(2)25)13-23(22,27)11-12-24(18,19)29-14-22/h16-19,27H,4-14H2,1-3H3/t16-,17-,18-,19-,21-,22+,23-,24-/m1/s1. The molecule has 168 valence electrons. The summed E-state index contributed by atoms with van der Waals surface area (Å²) in [6.45, 7) is 6.63. The van der Waals surface area contributed by atoms with Gasteiger partial charge in [-0.3, -0.25) is 9.59 Å². The Bertz CT molecular complexity index is 752. The number of ether oxygens (including phenoxy) is 3. The van der Waals surface area contributed by atoms with Gasteiger partial charge in [0, 0.05) is 18.8 Å². The maximum atomic E-state index is 12.7. The molecule has 0 aromatic heterocycles. The van der Waals surface area contributed by atoms with E-state index in [9.17, 15) is 14.7 Å². The Morgan fingerprint density at radius 1 is 1.07 bits per heavy atom. The van der Waals surface area contributed by atoms with Gasteiger partial charge in [0.2, 0.25) is 0 Å². The Morgan fingerprint density at radius 2 is 1.87 bits per heavy atom. The van der Waals surface area contributed by atoms with Gasteiger partial charge in [0.05, 0.1) is 30.3 Å². The van der Waals surface area contributed by atoms with E-state index in [4.69, 9.17) is 14.2 Å². The van der Waals surface area contributed by atoms with Crippen molar-refractivity contribution < 1.29 is 28.9 Å². The fourth-order valence-corrected chi connectivity index (χ4v) is 8.82. The second-order valence-corrected chi connectivity index (χ2v) is 10.9. The molecule has 1 heterocycles. The summed E-state index contributed by atoms with van der Waals surface area (Å²) in [6, 6.07) is 0. The molecule has 6 heteroatoms. The van der Waals surface area contributed by atoms with E-state index in [1.165, 1.54) is 6.92 Å². The van der Waals surface area contributed by atoms with Crippen molar-refractivity contribution >= 4 is 11.9 Å². The third kappa shape index (κ3) is 2.49. The summed E-state index contributed by atoms with van der Waals surface area (Å²) in [5, 5.41) is 11.9. The molecule has 0 aromatic carbocycles. The van der Waals surface area contributed by atoms with Crippen LogP contribution in [0.2, 0.25) is 0 Å². The van der Waals surface area contributed by atoms with Crippen molar-refractivity contribution in [2.45, 2.75) is 95.9 Å². The van der Waals surface area contributed by atoms with Gasteiger partial charge in [-0.1, -0.05) is 6.92 Å². The predicted octanol–water partition coefficient (Wildman–Crippen LogP) is 3.39. The van der Waals surface area contributed by atoms with E-state index in [0.717, 1.165) is 44.9 Å². The molecule has 5 aliphatic rings. The number of hydrogen-bond donors (Lipinski definition) is 1. The van der Waals surface area contributed by atoms with Crippen LogP contribution in [-0.2, 0) is 23.8 Å². The third-order valence-corrected chi connectivity index (χ3v) is 9.99. The van der Waals surface area contributed by atoms with Crippen LogP contribution < -0.4 is 0 Å². The molecular formula is C24H36O6. The minimum atomic E-state index is -0.830. The molecule has 4 saturated carbocycles. The molecule has 5 fully saturated rings. The van der Waals surface area contributed by atoms with Crippen molar-refractivity contribution in [3.63, 3.8) is 0 Å². The Labute approximate surface area is 179 Å². The number of esters is 2. The summed E-state index contributed by atoms with van der Waals surface area (Å²) in [4.78, 5) is 24.2. The second-order valence-electron chi connectivity index (χ2n) is 10.9. The van der Waals surface area contributed by atoms with Gasteiger partial charge in [0.25, 0.3) is 0 Å². The highest BCUT2D eigenvalue weighted by Crippen LogP contribution is 2.74. The van der Waals surface area contributed by atoms with Crippen molar-refractivity contribution in [1.82, 2.24) is 0 Å². The van der Waals surface area contributed by atoms with Crippen molar-refractivity contribution in [1.29, 1.82) is 0 Å². The molecule has 5 rings (SSSR count). The second kappa shape index (κ2) is 6.68. The van der Waals surface area contributed by atoms with Gasteiger partial charge in [-0.2, -0.15) is 0 Å². The van der Waals surface area contributed by atoms with Crippen LogP contribution in [0.4, 0.5) is 0 Å². The first-order valence-electron chi connectivity index (χ1n) is 11.9. The first kappa shape index (κ1) is 20.7. The first-order valence-corrected chi connectivity index (χ1v) is 11.9. The average molecular weight is 421 g/mol. The van der Waals surface area contributed by atoms with Gasteiger partial charge in [-0.25, -0.2) is 0 Å². The lowest BCUT2D eigenvalue weighted by atomic mass is 9.42. The zero-order chi connectivity index (χ0) is 21.4. The van der Waals surface area contributed by atoms with Crippen LogP contribution in [0.15, 0.2) is 0 Å². The lowest BCUT2D eigenvalue weighted by Crippen LogP contribution is -2.66. The molecule has 1 spiro atoms. The number of fused-ring (bicyclic) bond motifs is 1. The van der Waals surface area contributed by atoms with Crippen LogP contribution >= 0.6 is 0 Å². The highest BCUT2D eigenvalue weighted by molar-refractivity contribution is 5.74. The van der Waals surface area contributed by atoms with E-state index in [1.807, 2.05) is 6.92 Å². The van der Waals surface area contributed by atoms with E-state index in [-0.39, 0.29) is 40.4 Å². The molecule has 0 aromatic rings. The van der Waals surface area contributed by atoms with Gasteiger partial charge in [0.15, 0.2) is 0 Å². The van der Waals surface area contributed by atoms with Gasteiger partial charge in [0.1, 0.15) is 6.10 Å². The normalized spacial score (nSPS) is 51.5. The topological polar surface area (TPSA) is 82.1 Å². The number of rotatable bonds is 3. The molecule has 6 nitrogen and oxygen atoms in total. The Morgan fingerprint density at radius 3 is 2.60 bits per heavy atom. The number of hydrogen-bond acceptors (Lipinski definition) is 6. The quantitative estimate of drug-likeness (QED) is 0.705. The van der Waals surface area contributed by atoms with Gasteiger partial charge < -0.3 is 19.3 Å². The highest BCUT2D eigenvalue weighted by atomic mass is 16.5. The zero-order valence-corrected chi connectivity index (χ0v) is 18.6. The van der Waals surface area contributed by atoms with Crippen molar-refractivity contribution in [2.75, 3.05) is 13.2 Å². The number of carbonyl (C=O) groups excluding carboxylic acids is 2. The predicted molar refractivity (Wildman–Crippen MR) is 108 cm³/mol. The van der Waals surface area contributed by atoms with Crippen LogP contribution in [0, 0.1) is 28.6 Å². The zero-order valence-electron chi connectivity index (χ0n) is 18.6. The minimum Gasteiger partial charge on any atom is -0.466 e. The van der Waals surface area contributed by atoms with Gasteiger partial charge in [-0.15, -0.1) is 0 Å². The van der Waals surface area contributed by atoms with Crippen molar-refractivity contribution in [3.8, 4) is 0 Å². The van der Waals surface area contributed by atoms with Crippen molar-refractivity contribution in [3.05, 3.63) is 0 Å². The van der Waals surface area contributed by atoms with E-state index >= 15 is 0 Å². The molecule has 0 radical (unpaired) electrons. The largest absolute Gasteiger partial charge is 0.466 e. The van der Waals surface area contributed by atoms with E-state index in [2.05, 4.69) is 6.92 Å². The maximum Gasteiger partial charge on any atom is 0.309 e. The highest BCUT2D eigenvalue weighted by Gasteiger charge is 2.76. The summed E-state index contributed by atoms with van der Waals surface area (Å²) in [7, 11) is 0. The smallest absolute Gasteiger partial charge is 0.309 e. The first-order chi connectivity index (χ1) is 14.2. The molecule has 1 saturated heterocycles. The average Bonchev–Trinajstić information content (AvgIpc) is 3.16. The van der Waals surface area contributed by atoms with Crippen LogP contribution in [0.5, 0.6) is 0 Å². The third-order valence-electron chi connectivity index (χ3n) is 9.99. The van der Waals surface area contributed by atoms with Crippen molar-refractivity contribution in [2.24, 2.45) is 28.6 Å². The summed E-state index contributed by atoms with van der Waals surface area (Å²) in [6.07, 6.45) is 7.35. The molecule has 4 aliphatic carbocycles. The van der Waals surface area contributed by atoms with Crippen LogP contribution in [0.1, 0.15) is 78.6 Å². The molecular weight excluding hydrogens is 384 g/mol. The summed E-state index contributed by atoms with van der Waals surface area (Å²) < 4.78 is 17.7. The summed E-state index contributed by atoms with van der Waals surface area (Å²) in [5.41, 5.74) is -1.39. The van der Waals surface area contributed by atoms with E-state index in [1.54, 1.807) is 0 Å². The van der Waals surface area contributed by atoms with Crippen LogP contribution in [0.25, 0.3) is 0 Å². The fraction of sp³-hybridized carbons (Fsp3) is 0.917. The Hall–Kier alpha value is -1.14. The molecule has 30 heavy (non-hydrogen) atoms. The molecule has 0 amide bonds. The van der Waals surface area contributed by atoms with Crippen LogP contribution in [-0.4, -0.2) is 47.6 Å². The van der Waals surface area contributed by atoms with Crippen LogP contribution in [0.3, 0.4) is 0 Å². The summed E-state index contributed by atoms with van der Waals surface area (Å²) >= 11 is 0. The lowest BCUT2D eigenvalue weighted by molar-refractivity contribution is -0.219. The monoisotopic (exact) mass is 420 g/mol. The lowest BCUT2D eigenvalue weighted by Gasteiger charge is -2.63. The number of carbonyl (C=O) groups is 2. The van der Waals surface area contributed by atoms with E-state index in [0.29, 0.717) is 37.9 Å². The number of aliphatic hydroxyl groups is 1.